The van der Waals surface area contributed by atoms with Gasteiger partial charge in [0, 0.05) is 24.6 Å². The van der Waals surface area contributed by atoms with Crippen molar-refractivity contribution >= 4 is 5.69 Å². The van der Waals surface area contributed by atoms with Crippen molar-refractivity contribution in [2.75, 3.05) is 11.4 Å². The van der Waals surface area contributed by atoms with E-state index in [2.05, 4.69) is 66.4 Å². The molecule has 0 fully saturated rings. The number of anilines is 1. The molecule has 0 spiro atoms. The summed E-state index contributed by atoms with van der Waals surface area (Å²) < 4.78 is 0. The molecule has 0 saturated carbocycles. The van der Waals surface area contributed by atoms with Gasteiger partial charge in [-0.05, 0) is 31.4 Å². The summed E-state index contributed by atoms with van der Waals surface area (Å²) in [6, 6.07) is 11.0. The fourth-order valence-corrected chi connectivity index (χ4v) is 6.74. The second-order valence-corrected chi connectivity index (χ2v) is 13.4. The Balaban J connectivity index is 1.53. The van der Waals surface area contributed by atoms with E-state index in [0.29, 0.717) is 6.17 Å². The number of nitrogens with zero attached hydrogens (tertiary/aromatic N) is 2. The fraction of sp³-hybridized carbons (Fsp3) is 0.800. The highest BCUT2D eigenvalue weighted by atomic mass is 15.4. The minimum atomic E-state index is 0.502. The van der Waals surface area contributed by atoms with Crippen LogP contribution < -0.4 is 4.90 Å². The molecule has 42 heavy (non-hydrogen) atoms. The van der Waals surface area contributed by atoms with Crippen LogP contribution in [0.25, 0.3) is 0 Å². The number of hydrogen-bond acceptors (Lipinski definition) is 2. The quantitative estimate of drug-likeness (QED) is 0.0835. The number of rotatable bonds is 30. The molecule has 1 aliphatic heterocycles. The van der Waals surface area contributed by atoms with E-state index in [-0.39, 0.29) is 0 Å². The summed E-state index contributed by atoms with van der Waals surface area (Å²) in [7, 11) is 0. The SMILES string of the molecule is CCCCCCCCCCCCCCCCCN1C=CN(c2ccccc2)C1CCCCCCCCCCCCCC. The summed E-state index contributed by atoms with van der Waals surface area (Å²) in [5.41, 5.74) is 1.34. The summed E-state index contributed by atoms with van der Waals surface area (Å²) in [4.78, 5) is 5.18. The van der Waals surface area contributed by atoms with Gasteiger partial charge in [0.1, 0.15) is 6.17 Å². The van der Waals surface area contributed by atoms with Gasteiger partial charge in [0.2, 0.25) is 0 Å². The smallest absolute Gasteiger partial charge is 0.105 e. The highest BCUT2D eigenvalue weighted by molar-refractivity contribution is 5.51. The largest absolute Gasteiger partial charge is 0.356 e. The standard InChI is InChI=1S/C40H72N2/c1-3-5-7-9-11-13-15-17-18-19-21-23-25-27-32-36-41-37-38-42(39-33-29-28-30-34-39)40(41)35-31-26-24-22-20-16-14-12-10-8-6-4-2/h28-30,33-34,37-38,40H,3-27,31-32,35-36H2,1-2H3. The Kier molecular flexibility index (Phi) is 23.7. The normalized spacial score (nSPS) is 14.9. The van der Waals surface area contributed by atoms with Gasteiger partial charge < -0.3 is 9.80 Å². The van der Waals surface area contributed by atoms with E-state index in [4.69, 9.17) is 0 Å². The van der Waals surface area contributed by atoms with E-state index in [1.807, 2.05) is 0 Å². The van der Waals surface area contributed by atoms with Crippen LogP contribution in [0.1, 0.15) is 194 Å². The van der Waals surface area contributed by atoms with Gasteiger partial charge in [0.25, 0.3) is 0 Å². The highest BCUT2D eigenvalue weighted by Gasteiger charge is 2.26. The van der Waals surface area contributed by atoms with Gasteiger partial charge in [0.15, 0.2) is 0 Å². The molecule has 1 aromatic rings. The zero-order valence-corrected chi connectivity index (χ0v) is 28.5. The first-order valence-electron chi connectivity index (χ1n) is 19.1. The van der Waals surface area contributed by atoms with Crippen LogP contribution in [0.2, 0.25) is 0 Å². The second-order valence-electron chi connectivity index (χ2n) is 13.4. The van der Waals surface area contributed by atoms with Gasteiger partial charge in [-0.15, -0.1) is 0 Å². The first kappa shape index (κ1) is 36.8. The molecule has 242 valence electrons. The average Bonchev–Trinajstić information content (AvgIpc) is 3.42. The lowest BCUT2D eigenvalue weighted by Crippen LogP contribution is -2.39. The zero-order chi connectivity index (χ0) is 29.8. The molecule has 2 heteroatoms. The van der Waals surface area contributed by atoms with E-state index in [1.54, 1.807) is 0 Å². The molecule has 1 atom stereocenters. The summed E-state index contributed by atoms with van der Waals surface area (Å²) in [5.74, 6) is 0. The molecular formula is C40H72N2. The monoisotopic (exact) mass is 581 g/mol. The van der Waals surface area contributed by atoms with Crippen LogP contribution in [0.4, 0.5) is 5.69 Å². The summed E-state index contributed by atoms with van der Waals surface area (Å²) in [5, 5.41) is 0. The minimum Gasteiger partial charge on any atom is -0.356 e. The van der Waals surface area contributed by atoms with Crippen LogP contribution in [-0.4, -0.2) is 17.6 Å². The van der Waals surface area contributed by atoms with E-state index < -0.39 is 0 Å². The third kappa shape index (κ3) is 18.3. The molecule has 0 N–H and O–H groups in total. The lowest BCUT2D eigenvalue weighted by molar-refractivity contribution is 0.273. The van der Waals surface area contributed by atoms with Gasteiger partial charge in [-0.3, -0.25) is 0 Å². The van der Waals surface area contributed by atoms with Crippen molar-refractivity contribution in [2.45, 2.75) is 200 Å². The predicted octanol–water partition coefficient (Wildman–Crippen LogP) is 13.6. The summed E-state index contributed by atoms with van der Waals surface area (Å²) in [6.07, 6.45) is 45.1. The Bertz CT molecular complexity index is 714. The van der Waals surface area contributed by atoms with Gasteiger partial charge in [-0.1, -0.05) is 193 Å². The molecule has 1 aliphatic rings. The highest BCUT2D eigenvalue weighted by Crippen LogP contribution is 2.28. The second kappa shape index (κ2) is 27.1. The third-order valence-electron chi connectivity index (χ3n) is 9.51. The van der Waals surface area contributed by atoms with Crippen LogP contribution in [0, 0.1) is 0 Å². The van der Waals surface area contributed by atoms with Crippen LogP contribution in [0.5, 0.6) is 0 Å². The van der Waals surface area contributed by atoms with Gasteiger partial charge >= 0.3 is 0 Å². The third-order valence-corrected chi connectivity index (χ3v) is 9.51. The van der Waals surface area contributed by atoms with Crippen LogP contribution in [0.3, 0.4) is 0 Å². The number of hydrogen-bond donors (Lipinski definition) is 0. The van der Waals surface area contributed by atoms with Gasteiger partial charge in [0.05, 0.1) is 0 Å². The molecule has 1 aromatic carbocycles. The van der Waals surface area contributed by atoms with Crippen molar-refractivity contribution in [3.8, 4) is 0 Å². The van der Waals surface area contributed by atoms with Crippen LogP contribution in [-0.2, 0) is 0 Å². The number of benzene rings is 1. The van der Waals surface area contributed by atoms with Gasteiger partial charge in [-0.2, -0.15) is 0 Å². The Hall–Kier alpha value is -1.44. The molecule has 1 heterocycles. The molecule has 1 unspecified atom stereocenters. The first-order valence-corrected chi connectivity index (χ1v) is 19.1. The van der Waals surface area contributed by atoms with Crippen LogP contribution in [0.15, 0.2) is 42.7 Å². The van der Waals surface area contributed by atoms with Gasteiger partial charge in [-0.25, -0.2) is 0 Å². The lowest BCUT2D eigenvalue weighted by Gasteiger charge is -2.33. The molecule has 2 rings (SSSR count). The van der Waals surface area contributed by atoms with Crippen molar-refractivity contribution in [2.24, 2.45) is 0 Å². The van der Waals surface area contributed by atoms with E-state index in [1.165, 1.54) is 192 Å². The topological polar surface area (TPSA) is 6.48 Å². The minimum absolute atomic E-state index is 0.502. The van der Waals surface area contributed by atoms with Crippen molar-refractivity contribution in [3.05, 3.63) is 42.7 Å². The molecule has 0 aromatic heterocycles. The average molecular weight is 581 g/mol. The van der Waals surface area contributed by atoms with Crippen molar-refractivity contribution in [1.29, 1.82) is 0 Å². The molecular weight excluding hydrogens is 508 g/mol. The predicted molar refractivity (Wildman–Crippen MR) is 189 cm³/mol. The molecule has 0 radical (unpaired) electrons. The molecule has 0 aliphatic carbocycles. The maximum atomic E-state index is 2.65. The fourth-order valence-electron chi connectivity index (χ4n) is 6.74. The first-order chi connectivity index (χ1) is 20.9. The van der Waals surface area contributed by atoms with E-state index in [0.717, 1.165) is 0 Å². The number of unbranched alkanes of at least 4 members (excludes halogenated alkanes) is 25. The van der Waals surface area contributed by atoms with Crippen LogP contribution >= 0.6 is 0 Å². The molecule has 0 bridgehead atoms. The molecule has 0 amide bonds. The Labute approximate surface area is 264 Å². The zero-order valence-electron chi connectivity index (χ0n) is 28.5. The molecule has 2 nitrogen and oxygen atoms in total. The van der Waals surface area contributed by atoms with Crippen molar-refractivity contribution < 1.29 is 0 Å². The molecule has 0 saturated heterocycles. The van der Waals surface area contributed by atoms with E-state index in [9.17, 15) is 0 Å². The Morgan fingerprint density at radius 3 is 1.24 bits per heavy atom. The number of para-hydroxylation sites is 1. The maximum absolute atomic E-state index is 2.65. The summed E-state index contributed by atoms with van der Waals surface area (Å²) in [6.45, 7) is 5.82. The lowest BCUT2D eigenvalue weighted by atomic mass is 10.0. The Morgan fingerprint density at radius 2 is 0.810 bits per heavy atom. The summed E-state index contributed by atoms with van der Waals surface area (Å²) >= 11 is 0. The van der Waals surface area contributed by atoms with E-state index >= 15 is 0 Å². The maximum Gasteiger partial charge on any atom is 0.105 e. The van der Waals surface area contributed by atoms with Crippen molar-refractivity contribution in [3.63, 3.8) is 0 Å². The van der Waals surface area contributed by atoms with Crippen molar-refractivity contribution in [1.82, 2.24) is 4.90 Å². The Morgan fingerprint density at radius 1 is 0.429 bits per heavy atom.